The predicted octanol–water partition coefficient (Wildman–Crippen LogP) is 7.61. The van der Waals surface area contributed by atoms with Gasteiger partial charge in [0.05, 0.1) is 7.11 Å². The number of nitrogens with zero attached hydrogens (tertiary/aromatic N) is 1. The fourth-order valence-electron chi connectivity index (χ4n) is 7.06. The number of aryl methyl sites for hydroxylation is 2. The van der Waals surface area contributed by atoms with Gasteiger partial charge in [0.15, 0.2) is 23.1 Å². The molecule has 43 heavy (non-hydrogen) atoms. The SMILES string of the molecule is COCCCN1C2=C(C(=O)CC(C)(C)C2)C(c2ccc(OCc3ccc(C)c(C)c3)c(OC)c2)C2=C1CC(C)(C)CC2=O. The summed E-state index contributed by atoms with van der Waals surface area (Å²) >= 11 is 0. The van der Waals surface area contributed by atoms with Crippen molar-refractivity contribution in [3.63, 3.8) is 0 Å². The summed E-state index contributed by atoms with van der Waals surface area (Å²) in [5, 5.41) is 0. The molecule has 230 valence electrons. The topological polar surface area (TPSA) is 65.1 Å². The summed E-state index contributed by atoms with van der Waals surface area (Å²) in [5.41, 5.74) is 7.83. The standard InChI is InChI=1S/C37H47NO5/c1-23-10-11-25(16-24(23)2)22-43-31-13-12-26(17-32(31)42-8)33-34-27(18-36(3,4)20-29(34)39)38(14-9-15-41-7)28-19-37(5,6)21-30(40)35(28)33/h10-13,16-17,33H,9,14-15,18-22H2,1-8H3. The molecule has 0 amide bonds. The number of carbonyl (C=O) groups excluding carboxylic acids is 2. The molecule has 0 saturated heterocycles. The average Bonchev–Trinajstić information content (AvgIpc) is 2.92. The molecule has 0 fully saturated rings. The van der Waals surface area contributed by atoms with E-state index in [1.807, 2.05) is 18.2 Å². The highest BCUT2D eigenvalue weighted by atomic mass is 16.5. The maximum atomic E-state index is 14.0. The van der Waals surface area contributed by atoms with Crippen LogP contribution in [0.15, 0.2) is 58.9 Å². The van der Waals surface area contributed by atoms with Crippen LogP contribution in [0.25, 0.3) is 0 Å². The average molecular weight is 586 g/mol. The van der Waals surface area contributed by atoms with Crippen LogP contribution in [-0.2, 0) is 20.9 Å². The van der Waals surface area contributed by atoms with Crippen LogP contribution in [0.5, 0.6) is 11.5 Å². The molecule has 2 aromatic carbocycles. The van der Waals surface area contributed by atoms with Crippen LogP contribution >= 0.6 is 0 Å². The number of methoxy groups -OCH3 is 2. The number of carbonyl (C=O) groups is 2. The summed E-state index contributed by atoms with van der Waals surface area (Å²) in [7, 11) is 3.35. The molecule has 0 spiro atoms. The molecule has 0 aromatic heterocycles. The van der Waals surface area contributed by atoms with Gasteiger partial charge in [-0.05, 0) is 78.3 Å². The Kier molecular flexibility index (Phi) is 8.63. The van der Waals surface area contributed by atoms with E-state index in [2.05, 4.69) is 64.6 Å². The van der Waals surface area contributed by atoms with Gasteiger partial charge in [0.1, 0.15) is 6.61 Å². The van der Waals surface area contributed by atoms with Crippen molar-refractivity contribution < 1.29 is 23.8 Å². The highest BCUT2D eigenvalue weighted by Gasteiger charge is 2.49. The van der Waals surface area contributed by atoms with Gasteiger partial charge in [-0.15, -0.1) is 0 Å². The minimum absolute atomic E-state index is 0.131. The summed E-state index contributed by atoms with van der Waals surface area (Å²) in [6, 6.07) is 12.2. The van der Waals surface area contributed by atoms with Crippen molar-refractivity contribution in [1.29, 1.82) is 0 Å². The van der Waals surface area contributed by atoms with Crippen LogP contribution in [0.3, 0.4) is 0 Å². The number of rotatable bonds is 9. The smallest absolute Gasteiger partial charge is 0.162 e. The van der Waals surface area contributed by atoms with Gasteiger partial charge in [0, 0.05) is 61.6 Å². The molecular weight excluding hydrogens is 538 g/mol. The number of ketones is 2. The van der Waals surface area contributed by atoms with Crippen LogP contribution < -0.4 is 9.47 Å². The van der Waals surface area contributed by atoms with E-state index in [9.17, 15) is 9.59 Å². The van der Waals surface area contributed by atoms with Crippen molar-refractivity contribution in [2.75, 3.05) is 27.4 Å². The number of allylic oxidation sites excluding steroid dienone is 4. The molecule has 2 aromatic rings. The first-order chi connectivity index (χ1) is 20.3. The predicted molar refractivity (Wildman–Crippen MR) is 169 cm³/mol. The van der Waals surface area contributed by atoms with Crippen LogP contribution in [0.2, 0.25) is 0 Å². The van der Waals surface area contributed by atoms with Crippen molar-refractivity contribution in [2.45, 2.75) is 86.2 Å². The first-order valence-corrected chi connectivity index (χ1v) is 15.5. The van der Waals surface area contributed by atoms with Crippen molar-refractivity contribution >= 4 is 11.6 Å². The Morgan fingerprint density at radius 3 is 1.98 bits per heavy atom. The zero-order chi connectivity index (χ0) is 31.1. The second kappa shape index (κ2) is 12.0. The molecular formula is C37H47NO5. The lowest BCUT2D eigenvalue weighted by atomic mass is 9.63. The highest BCUT2D eigenvalue weighted by molar-refractivity contribution is 6.06. The van der Waals surface area contributed by atoms with E-state index in [4.69, 9.17) is 14.2 Å². The van der Waals surface area contributed by atoms with E-state index >= 15 is 0 Å². The summed E-state index contributed by atoms with van der Waals surface area (Å²) in [6.45, 7) is 14.6. The second-order valence-corrected chi connectivity index (χ2v) is 14.2. The van der Waals surface area contributed by atoms with Gasteiger partial charge >= 0.3 is 0 Å². The molecule has 1 heterocycles. The summed E-state index contributed by atoms with van der Waals surface area (Å²) in [6.07, 6.45) is 3.32. The molecule has 0 N–H and O–H groups in total. The van der Waals surface area contributed by atoms with Gasteiger partial charge in [-0.2, -0.15) is 0 Å². The van der Waals surface area contributed by atoms with Crippen LogP contribution in [0, 0.1) is 24.7 Å². The number of ether oxygens (including phenoxy) is 3. The minimum atomic E-state index is -0.418. The van der Waals surface area contributed by atoms with Crippen molar-refractivity contribution in [1.82, 2.24) is 4.90 Å². The molecule has 6 nitrogen and oxygen atoms in total. The molecule has 0 bridgehead atoms. The second-order valence-electron chi connectivity index (χ2n) is 14.2. The monoisotopic (exact) mass is 585 g/mol. The minimum Gasteiger partial charge on any atom is -0.493 e. The third-order valence-electron chi connectivity index (χ3n) is 9.24. The van der Waals surface area contributed by atoms with Gasteiger partial charge in [-0.25, -0.2) is 0 Å². The molecule has 2 aliphatic carbocycles. The quantitative estimate of drug-likeness (QED) is 0.282. The lowest BCUT2D eigenvalue weighted by molar-refractivity contribution is -0.119. The Morgan fingerprint density at radius 2 is 1.42 bits per heavy atom. The summed E-state index contributed by atoms with van der Waals surface area (Å²) in [5.74, 6) is 1.08. The number of benzene rings is 2. The molecule has 0 radical (unpaired) electrons. The normalized spacial score (nSPS) is 19.9. The van der Waals surface area contributed by atoms with Crippen molar-refractivity contribution in [3.05, 3.63) is 81.2 Å². The Bertz CT molecular complexity index is 1440. The maximum Gasteiger partial charge on any atom is 0.162 e. The summed E-state index contributed by atoms with van der Waals surface area (Å²) < 4.78 is 17.5. The van der Waals surface area contributed by atoms with E-state index in [0.29, 0.717) is 37.6 Å². The Labute approximate surface area is 257 Å². The number of hydrogen-bond donors (Lipinski definition) is 0. The summed E-state index contributed by atoms with van der Waals surface area (Å²) in [4.78, 5) is 30.4. The van der Waals surface area contributed by atoms with E-state index in [-0.39, 0.29) is 22.4 Å². The molecule has 6 heteroatoms. The van der Waals surface area contributed by atoms with Crippen LogP contribution in [0.1, 0.15) is 88.0 Å². The Morgan fingerprint density at radius 1 is 0.791 bits per heavy atom. The molecule has 0 saturated carbocycles. The van der Waals surface area contributed by atoms with Crippen molar-refractivity contribution in [2.24, 2.45) is 10.8 Å². The van der Waals surface area contributed by atoms with E-state index in [1.165, 1.54) is 11.1 Å². The Balaban J connectivity index is 1.59. The first-order valence-electron chi connectivity index (χ1n) is 15.5. The lowest BCUT2D eigenvalue weighted by Gasteiger charge is -2.49. The number of Topliss-reactive ketones (excluding diaryl/α,β-unsaturated/α-hetero) is 2. The van der Waals surface area contributed by atoms with E-state index in [1.54, 1.807) is 14.2 Å². The molecule has 3 aliphatic rings. The third kappa shape index (κ3) is 6.31. The number of hydrogen-bond acceptors (Lipinski definition) is 6. The fourth-order valence-corrected chi connectivity index (χ4v) is 7.06. The van der Waals surface area contributed by atoms with Gasteiger partial charge in [-0.1, -0.05) is 52.0 Å². The molecule has 0 unspecified atom stereocenters. The molecule has 0 atom stereocenters. The zero-order valence-corrected chi connectivity index (χ0v) is 27.2. The van der Waals surface area contributed by atoms with Crippen LogP contribution in [-0.4, -0.2) is 43.8 Å². The van der Waals surface area contributed by atoms with Gasteiger partial charge in [0.2, 0.25) is 0 Å². The lowest BCUT2D eigenvalue weighted by Crippen LogP contribution is -2.44. The van der Waals surface area contributed by atoms with Crippen molar-refractivity contribution in [3.8, 4) is 11.5 Å². The van der Waals surface area contributed by atoms with E-state index < -0.39 is 5.92 Å². The largest absolute Gasteiger partial charge is 0.493 e. The van der Waals surface area contributed by atoms with Gasteiger partial charge in [-0.3, -0.25) is 9.59 Å². The molecule has 5 rings (SSSR count). The Hall–Kier alpha value is -3.38. The maximum absolute atomic E-state index is 14.0. The van der Waals surface area contributed by atoms with Gasteiger partial charge in [0.25, 0.3) is 0 Å². The van der Waals surface area contributed by atoms with Crippen LogP contribution in [0.4, 0.5) is 0 Å². The fraction of sp³-hybridized carbons (Fsp3) is 0.514. The van der Waals surface area contributed by atoms with Gasteiger partial charge < -0.3 is 19.1 Å². The van der Waals surface area contributed by atoms with E-state index in [0.717, 1.165) is 59.5 Å². The highest BCUT2D eigenvalue weighted by Crippen LogP contribution is 2.55. The molecule has 1 aliphatic heterocycles. The third-order valence-corrected chi connectivity index (χ3v) is 9.24. The zero-order valence-electron chi connectivity index (χ0n) is 27.2. The first kappa shape index (κ1) is 31.1.